The van der Waals surface area contributed by atoms with E-state index >= 15 is 0 Å². The summed E-state index contributed by atoms with van der Waals surface area (Å²) in [6.45, 7) is 7.91. The summed E-state index contributed by atoms with van der Waals surface area (Å²) >= 11 is 0. The molecule has 0 bridgehead atoms. The molecule has 18 heavy (non-hydrogen) atoms. The zero-order valence-corrected chi connectivity index (χ0v) is 11.9. The Labute approximate surface area is 109 Å². The van der Waals surface area contributed by atoms with Crippen molar-refractivity contribution in [3.8, 4) is 0 Å². The Morgan fingerprint density at radius 1 is 1.39 bits per heavy atom. The minimum absolute atomic E-state index is 0.0487. The smallest absolute Gasteiger partial charge is 0.329 e. The van der Waals surface area contributed by atoms with E-state index in [1.165, 1.54) is 6.92 Å². The fourth-order valence-electron chi connectivity index (χ4n) is 3.57. The summed E-state index contributed by atoms with van der Waals surface area (Å²) in [5.74, 6) is -0.646. The molecule has 1 fully saturated rings. The van der Waals surface area contributed by atoms with Gasteiger partial charge in [-0.1, -0.05) is 26.7 Å². The number of hydrogen-bond donors (Lipinski definition) is 1. The Kier molecular flexibility index (Phi) is 4.77. The quantitative estimate of drug-likeness (QED) is 0.839. The van der Waals surface area contributed by atoms with Crippen LogP contribution in [0.1, 0.15) is 53.4 Å². The summed E-state index contributed by atoms with van der Waals surface area (Å²) in [6, 6.07) is 0. The Hall–Kier alpha value is -1.06. The first kappa shape index (κ1) is 15.0. The van der Waals surface area contributed by atoms with Crippen LogP contribution in [0, 0.1) is 11.8 Å². The topological polar surface area (TPSA) is 57.6 Å². The monoisotopic (exact) mass is 255 g/mol. The highest BCUT2D eigenvalue weighted by molar-refractivity contribution is 5.86. The third-order valence-electron chi connectivity index (χ3n) is 4.29. The van der Waals surface area contributed by atoms with Crippen molar-refractivity contribution in [3.05, 3.63) is 0 Å². The van der Waals surface area contributed by atoms with Gasteiger partial charge in [-0.15, -0.1) is 0 Å². The van der Waals surface area contributed by atoms with Gasteiger partial charge < -0.3 is 10.0 Å². The maximum atomic E-state index is 11.9. The largest absolute Gasteiger partial charge is 0.479 e. The molecule has 0 aromatic carbocycles. The van der Waals surface area contributed by atoms with Crippen molar-refractivity contribution in [2.45, 2.75) is 58.9 Å². The molecule has 1 aliphatic carbocycles. The van der Waals surface area contributed by atoms with Crippen LogP contribution in [0.4, 0.5) is 0 Å². The maximum Gasteiger partial charge on any atom is 0.329 e. The first-order valence-corrected chi connectivity index (χ1v) is 6.89. The minimum atomic E-state index is -0.993. The number of carboxylic acid groups (broad SMARTS) is 1. The van der Waals surface area contributed by atoms with E-state index in [1.54, 1.807) is 4.90 Å². The Balaban J connectivity index is 3.25. The SMILES string of the molecule is CCN(C(C)=O)C1(C(=O)O)CCCCC1C(C)C. The van der Waals surface area contributed by atoms with Crippen LogP contribution in [0.5, 0.6) is 0 Å². The lowest BCUT2D eigenvalue weighted by Gasteiger charge is -2.49. The highest BCUT2D eigenvalue weighted by atomic mass is 16.4. The van der Waals surface area contributed by atoms with Gasteiger partial charge in [0.25, 0.3) is 0 Å². The number of carbonyl (C=O) groups excluding carboxylic acids is 1. The molecule has 0 saturated heterocycles. The molecule has 0 aliphatic heterocycles. The number of hydrogen-bond acceptors (Lipinski definition) is 2. The average molecular weight is 255 g/mol. The van der Waals surface area contributed by atoms with Crippen LogP contribution in [0.25, 0.3) is 0 Å². The van der Waals surface area contributed by atoms with E-state index in [2.05, 4.69) is 13.8 Å². The highest BCUT2D eigenvalue weighted by Gasteiger charge is 2.53. The fraction of sp³-hybridized carbons (Fsp3) is 0.857. The minimum Gasteiger partial charge on any atom is -0.479 e. The summed E-state index contributed by atoms with van der Waals surface area (Å²) in [5.41, 5.74) is -0.993. The Morgan fingerprint density at radius 3 is 2.39 bits per heavy atom. The Bertz CT molecular complexity index is 327. The molecular formula is C14H25NO3. The predicted octanol–water partition coefficient (Wildman–Crippen LogP) is 2.52. The first-order chi connectivity index (χ1) is 8.37. The number of carbonyl (C=O) groups is 2. The molecule has 1 N–H and O–H groups in total. The average Bonchev–Trinajstić information content (AvgIpc) is 2.29. The fourth-order valence-corrected chi connectivity index (χ4v) is 3.57. The van der Waals surface area contributed by atoms with Gasteiger partial charge in [-0.05, 0) is 31.6 Å². The van der Waals surface area contributed by atoms with Gasteiger partial charge in [0.1, 0.15) is 5.54 Å². The van der Waals surface area contributed by atoms with Gasteiger partial charge in [-0.2, -0.15) is 0 Å². The molecule has 0 spiro atoms. The van der Waals surface area contributed by atoms with Gasteiger partial charge in [-0.3, -0.25) is 4.79 Å². The van der Waals surface area contributed by atoms with E-state index in [4.69, 9.17) is 0 Å². The van der Waals surface area contributed by atoms with Crippen LogP contribution in [0.2, 0.25) is 0 Å². The van der Waals surface area contributed by atoms with Crippen LogP contribution in [-0.4, -0.2) is 34.0 Å². The summed E-state index contributed by atoms with van der Waals surface area (Å²) in [7, 11) is 0. The predicted molar refractivity (Wildman–Crippen MR) is 70.2 cm³/mol. The second-order valence-electron chi connectivity index (χ2n) is 5.59. The van der Waals surface area contributed by atoms with Crippen molar-refractivity contribution in [1.82, 2.24) is 4.90 Å². The number of likely N-dealkylation sites (N-methyl/N-ethyl adjacent to an activating group) is 1. The molecule has 1 aliphatic rings. The van der Waals surface area contributed by atoms with Crippen molar-refractivity contribution in [2.24, 2.45) is 11.8 Å². The summed E-state index contributed by atoms with van der Waals surface area (Å²) in [6.07, 6.45) is 3.43. The molecule has 4 nitrogen and oxygen atoms in total. The summed E-state index contributed by atoms with van der Waals surface area (Å²) in [5, 5.41) is 9.76. The van der Waals surface area contributed by atoms with Crippen LogP contribution in [0.3, 0.4) is 0 Å². The highest BCUT2D eigenvalue weighted by Crippen LogP contribution is 2.42. The number of nitrogens with zero attached hydrogens (tertiary/aromatic N) is 1. The second kappa shape index (κ2) is 5.72. The molecule has 2 atom stereocenters. The van der Waals surface area contributed by atoms with Gasteiger partial charge in [0.05, 0.1) is 0 Å². The van der Waals surface area contributed by atoms with Gasteiger partial charge in [0.2, 0.25) is 5.91 Å². The van der Waals surface area contributed by atoms with E-state index in [-0.39, 0.29) is 17.7 Å². The van der Waals surface area contributed by atoms with Gasteiger partial charge in [0.15, 0.2) is 0 Å². The lowest BCUT2D eigenvalue weighted by atomic mass is 9.66. The number of rotatable bonds is 4. The molecule has 0 radical (unpaired) electrons. The lowest BCUT2D eigenvalue weighted by Crippen LogP contribution is -2.63. The molecule has 0 aromatic rings. The number of amides is 1. The van der Waals surface area contributed by atoms with E-state index in [1.807, 2.05) is 6.92 Å². The Morgan fingerprint density at radius 2 is 2.00 bits per heavy atom. The molecule has 1 rings (SSSR count). The molecular weight excluding hydrogens is 230 g/mol. The molecule has 2 unspecified atom stereocenters. The molecule has 4 heteroatoms. The van der Waals surface area contributed by atoms with E-state index in [9.17, 15) is 14.7 Å². The van der Waals surface area contributed by atoms with Crippen LogP contribution < -0.4 is 0 Å². The molecule has 104 valence electrons. The van der Waals surface area contributed by atoms with Crippen molar-refractivity contribution < 1.29 is 14.7 Å². The van der Waals surface area contributed by atoms with E-state index < -0.39 is 11.5 Å². The van der Waals surface area contributed by atoms with E-state index in [0.717, 1.165) is 19.3 Å². The maximum absolute atomic E-state index is 11.9. The van der Waals surface area contributed by atoms with Crippen molar-refractivity contribution >= 4 is 11.9 Å². The third kappa shape index (κ3) is 2.38. The van der Waals surface area contributed by atoms with Crippen LogP contribution in [0.15, 0.2) is 0 Å². The molecule has 0 heterocycles. The molecule has 1 amide bonds. The lowest BCUT2D eigenvalue weighted by molar-refractivity contribution is -0.168. The zero-order valence-electron chi connectivity index (χ0n) is 11.9. The third-order valence-corrected chi connectivity index (χ3v) is 4.29. The molecule has 1 saturated carbocycles. The second-order valence-corrected chi connectivity index (χ2v) is 5.59. The van der Waals surface area contributed by atoms with Crippen molar-refractivity contribution in [2.75, 3.05) is 6.54 Å². The van der Waals surface area contributed by atoms with E-state index in [0.29, 0.717) is 13.0 Å². The number of carboxylic acids is 1. The summed E-state index contributed by atoms with van der Waals surface area (Å²) < 4.78 is 0. The summed E-state index contributed by atoms with van der Waals surface area (Å²) in [4.78, 5) is 25.3. The first-order valence-electron chi connectivity index (χ1n) is 6.89. The molecule has 0 aromatic heterocycles. The van der Waals surface area contributed by atoms with Gasteiger partial charge >= 0.3 is 5.97 Å². The normalized spacial score (nSPS) is 28.2. The van der Waals surface area contributed by atoms with Gasteiger partial charge in [0, 0.05) is 13.5 Å². The van der Waals surface area contributed by atoms with Gasteiger partial charge in [-0.25, -0.2) is 4.79 Å². The van der Waals surface area contributed by atoms with Crippen LogP contribution in [-0.2, 0) is 9.59 Å². The standard InChI is InChI=1S/C14H25NO3/c1-5-15(11(4)16)14(13(17)18)9-7-6-8-12(14)10(2)3/h10,12H,5-9H2,1-4H3,(H,17,18). The van der Waals surface area contributed by atoms with Crippen molar-refractivity contribution in [1.29, 1.82) is 0 Å². The number of aliphatic carboxylic acids is 1. The van der Waals surface area contributed by atoms with Crippen LogP contribution >= 0.6 is 0 Å². The zero-order chi connectivity index (χ0) is 13.9. The van der Waals surface area contributed by atoms with Crippen molar-refractivity contribution in [3.63, 3.8) is 0 Å².